The number of thiocarbonyl (C=S) groups is 1. The van der Waals surface area contributed by atoms with E-state index in [4.69, 9.17) is 28.6 Å². The molecule has 0 unspecified atom stereocenters. The largest absolute Gasteiger partial charge is 0.484 e. The highest BCUT2D eigenvalue weighted by Gasteiger charge is 2.07. The molecule has 132 valence electrons. The molecule has 0 aromatic heterocycles. The van der Waals surface area contributed by atoms with E-state index in [-0.39, 0.29) is 12.5 Å². The molecule has 0 bridgehead atoms. The van der Waals surface area contributed by atoms with Gasteiger partial charge in [-0.25, -0.2) is 0 Å². The maximum absolute atomic E-state index is 11.8. The van der Waals surface area contributed by atoms with Crippen molar-refractivity contribution in [2.24, 2.45) is 0 Å². The number of ether oxygens (including phenoxy) is 1. The maximum Gasteiger partial charge on any atom is 0.276 e. The minimum Gasteiger partial charge on any atom is -0.484 e. The van der Waals surface area contributed by atoms with Crippen molar-refractivity contribution in [3.8, 4) is 5.75 Å². The Labute approximate surface area is 157 Å². The van der Waals surface area contributed by atoms with Crippen molar-refractivity contribution in [1.29, 1.82) is 0 Å². The number of benzene rings is 2. The molecule has 7 heteroatoms. The number of hydrazine groups is 1. The molecule has 2 aromatic carbocycles. The van der Waals surface area contributed by atoms with Crippen LogP contribution in [0.4, 0.5) is 5.69 Å². The van der Waals surface area contributed by atoms with Crippen LogP contribution >= 0.6 is 23.8 Å². The number of anilines is 1. The normalized spacial score (nSPS) is 10.0. The van der Waals surface area contributed by atoms with Crippen LogP contribution in [-0.2, 0) is 11.2 Å². The molecule has 0 aliphatic rings. The summed E-state index contributed by atoms with van der Waals surface area (Å²) in [6.45, 7) is 3.94. The highest BCUT2D eigenvalue weighted by molar-refractivity contribution is 7.80. The van der Waals surface area contributed by atoms with E-state index in [1.807, 2.05) is 25.1 Å². The summed E-state index contributed by atoms with van der Waals surface area (Å²) in [6, 6.07) is 12.8. The lowest BCUT2D eigenvalue weighted by Crippen LogP contribution is -2.45. The van der Waals surface area contributed by atoms with Gasteiger partial charge in [-0.2, -0.15) is 0 Å². The molecule has 0 fully saturated rings. The highest BCUT2D eigenvalue weighted by Crippen LogP contribution is 2.20. The Hall–Kier alpha value is -2.31. The van der Waals surface area contributed by atoms with Crippen molar-refractivity contribution in [3.63, 3.8) is 0 Å². The molecule has 25 heavy (non-hydrogen) atoms. The lowest BCUT2D eigenvalue weighted by Gasteiger charge is -2.16. The number of amides is 1. The topological polar surface area (TPSA) is 62.4 Å². The van der Waals surface area contributed by atoms with Gasteiger partial charge >= 0.3 is 0 Å². The van der Waals surface area contributed by atoms with Crippen LogP contribution in [-0.4, -0.2) is 17.6 Å². The molecule has 2 rings (SSSR count). The molecule has 5 nitrogen and oxygen atoms in total. The molecule has 0 aliphatic carbocycles. The van der Waals surface area contributed by atoms with Gasteiger partial charge in [-0.3, -0.25) is 15.6 Å². The molecule has 0 heterocycles. The summed E-state index contributed by atoms with van der Waals surface area (Å²) in [6.07, 6.45) is 0.883. The molecule has 3 N–H and O–H groups in total. The van der Waals surface area contributed by atoms with E-state index in [2.05, 4.69) is 23.1 Å². The monoisotopic (exact) mass is 377 g/mol. The maximum atomic E-state index is 11.8. The van der Waals surface area contributed by atoms with Gasteiger partial charge in [-0.05, 0) is 61.0 Å². The SMILES string of the molecule is CCc1cccc(C)c1NC(=S)NNC(=O)COc1ccc(Cl)cc1. The third-order valence-electron chi connectivity index (χ3n) is 3.48. The van der Waals surface area contributed by atoms with Crippen molar-refractivity contribution < 1.29 is 9.53 Å². The Balaban J connectivity index is 1.80. The second-order valence-electron chi connectivity index (χ2n) is 5.33. The summed E-state index contributed by atoms with van der Waals surface area (Å²) in [5.74, 6) is 0.215. The van der Waals surface area contributed by atoms with Gasteiger partial charge in [0.05, 0.1) is 0 Å². The van der Waals surface area contributed by atoms with Gasteiger partial charge in [-0.15, -0.1) is 0 Å². The van der Waals surface area contributed by atoms with Gasteiger partial charge in [0.1, 0.15) is 5.75 Å². The summed E-state index contributed by atoms with van der Waals surface area (Å²) < 4.78 is 5.35. The van der Waals surface area contributed by atoms with Gasteiger partial charge in [0.15, 0.2) is 11.7 Å². The third kappa shape index (κ3) is 5.92. The van der Waals surface area contributed by atoms with Gasteiger partial charge in [0.2, 0.25) is 0 Å². The Morgan fingerprint density at radius 2 is 1.88 bits per heavy atom. The summed E-state index contributed by atoms with van der Waals surface area (Å²) in [7, 11) is 0. The molecule has 0 radical (unpaired) electrons. The molecule has 0 atom stereocenters. The van der Waals surface area contributed by atoms with Crippen LogP contribution in [0.25, 0.3) is 0 Å². The first-order valence-electron chi connectivity index (χ1n) is 7.82. The van der Waals surface area contributed by atoms with Crippen LogP contribution in [0.2, 0.25) is 5.02 Å². The molecule has 0 spiro atoms. The molecule has 2 aromatic rings. The minimum absolute atomic E-state index is 0.137. The van der Waals surface area contributed by atoms with Crippen molar-refractivity contribution in [2.45, 2.75) is 20.3 Å². The quantitative estimate of drug-likeness (QED) is 0.549. The van der Waals surface area contributed by atoms with Gasteiger partial charge < -0.3 is 10.1 Å². The number of hydrogen-bond acceptors (Lipinski definition) is 3. The fraction of sp³-hybridized carbons (Fsp3) is 0.222. The predicted octanol–water partition coefficient (Wildman–Crippen LogP) is 3.61. The Morgan fingerprint density at radius 1 is 1.16 bits per heavy atom. The average molecular weight is 378 g/mol. The van der Waals surface area contributed by atoms with Crippen LogP contribution < -0.4 is 20.9 Å². The van der Waals surface area contributed by atoms with E-state index in [1.165, 1.54) is 0 Å². The summed E-state index contributed by atoms with van der Waals surface area (Å²) in [4.78, 5) is 11.8. The zero-order chi connectivity index (χ0) is 18.2. The van der Waals surface area contributed by atoms with Crippen LogP contribution in [0.3, 0.4) is 0 Å². The number of para-hydroxylation sites is 1. The molecule has 0 saturated carbocycles. The fourth-order valence-corrected chi connectivity index (χ4v) is 2.47. The molecule has 0 aliphatic heterocycles. The van der Waals surface area contributed by atoms with Gasteiger partial charge in [-0.1, -0.05) is 36.7 Å². The average Bonchev–Trinajstić information content (AvgIpc) is 2.61. The van der Waals surface area contributed by atoms with E-state index in [1.54, 1.807) is 24.3 Å². The first-order valence-corrected chi connectivity index (χ1v) is 8.61. The summed E-state index contributed by atoms with van der Waals surface area (Å²) in [5.41, 5.74) is 8.36. The van der Waals surface area contributed by atoms with Gasteiger partial charge in [0, 0.05) is 10.7 Å². The first kappa shape index (κ1) is 19.0. The van der Waals surface area contributed by atoms with Crippen LogP contribution in [0, 0.1) is 6.92 Å². The van der Waals surface area contributed by atoms with E-state index < -0.39 is 0 Å². The summed E-state index contributed by atoms with van der Waals surface area (Å²) in [5, 5.41) is 4.03. The number of rotatable bonds is 5. The third-order valence-corrected chi connectivity index (χ3v) is 3.93. The smallest absolute Gasteiger partial charge is 0.276 e. The summed E-state index contributed by atoms with van der Waals surface area (Å²) >= 11 is 11.0. The second kappa shape index (κ2) is 9.25. The number of carbonyl (C=O) groups is 1. The van der Waals surface area contributed by atoms with Crippen molar-refractivity contribution in [3.05, 3.63) is 58.6 Å². The zero-order valence-electron chi connectivity index (χ0n) is 14.1. The number of carbonyl (C=O) groups excluding carboxylic acids is 1. The number of hydrogen-bond donors (Lipinski definition) is 3. The standard InChI is InChI=1S/C18H20ClN3O2S/c1-3-13-6-4-5-12(2)17(13)20-18(25)22-21-16(23)11-24-15-9-7-14(19)8-10-15/h4-10H,3,11H2,1-2H3,(H,21,23)(H2,20,22,25). The van der Waals surface area contributed by atoms with E-state index in [0.29, 0.717) is 15.9 Å². The van der Waals surface area contributed by atoms with Crippen LogP contribution in [0.5, 0.6) is 5.75 Å². The molecule has 1 amide bonds. The zero-order valence-corrected chi connectivity index (χ0v) is 15.6. The van der Waals surface area contributed by atoms with E-state index in [9.17, 15) is 4.79 Å². The second-order valence-corrected chi connectivity index (χ2v) is 6.18. The van der Waals surface area contributed by atoms with Crippen molar-refractivity contribution >= 4 is 40.5 Å². The fourth-order valence-electron chi connectivity index (χ4n) is 2.19. The van der Waals surface area contributed by atoms with Crippen LogP contribution in [0.15, 0.2) is 42.5 Å². The van der Waals surface area contributed by atoms with Crippen LogP contribution in [0.1, 0.15) is 18.1 Å². The number of halogens is 1. The van der Waals surface area contributed by atoms with Crippen molar-refractivity contribution in [2.75, 3.05) is 11.9 Å². The van der Waals surface area contributed by atoms with Gasteiger partial charge in [0.25, 0.3) is 5.91 Å². The number of aryl methyl sites for hydroxylation is 2. The number of nitrogens with one attached hydrogen (secondary N) is 3. The lowest BCUT2D eigenvalue weighted by molar-refractivity contribution is -0.123. The minimum atomic E-state index is -0.348. The molecular weight excluding hydrogens is 358 g/mol. The molecule has 0 saturated heterocycles. The molecular formula is C18H20ClN3O2S. The van der Waals surface area contributed by atoms with E-state index >= 15 is 0 Å². The highest BCUT2D eigenvalue weighted by atomic mass is 35.5. The van der Waals surface area contributed by atoms with Crippen molar-refractivity contribution in [1.82, 2.24) is 10.9 Å². The predicted molar refractivity (Wildman–Crippen MR) is 105 cm³/mol. The van der Waals surface area contributed by atoms with E-state index in [0.717, 1.165) is 23.2 Å². The Bertz CT molecular complexity index is 750. The Morgan fingerprint density at radius 3 is 2.56 bits per heavy atom. The first-order chi connectivity index (χ1) is 12.0. The lowest BCUT2D eigenvalue weighted by atomic mass is 10.1. The Kier molecular flexibility index (Phi) is 7.03.